The molecule has 7 nitrogen and oxygen atoms in total. The molecule has 0 radical (unpaired) electrons. The number of anilines is 1. The standard InChI is InChI=1S/C24H24N4O3/c29-22-15-20(16-28(22)14-10-18-5-2-1-3-6-18)24(30)27-23-21(7-4-11-26-23)31-17-19-8-12-25-13-9-19/h1-9,11-13,20H,10,14-17H2,(H,26,27,30). The largest absolute Gasteiger partial charge is 0.485 e. The van der Waals surface area contributed by atoms with Crippen molar-refractivity contribution < 1.29 is 14.3 Å². The molecule has 0 saturated carbocycles. The highest BCUT2D eigenvalue weighted by atomic mass is 16.5. The smallest absolute Gasteiger partial charge is 0.231 e. The number of likely N-dealkylation sites (tertiary alicyclic amines) is 1. The summed E-state index contributed by atoms with van der Waals surface area (Å²) in [4.78, 5) is 35.2. The summed E-state index contributed by atoms with van der Waals surface area (Å²) in [6.07, 6.45) is 5.98. The average molecular weight is 416 g/mol. The molecule has 1 atom stereocenters. The van der Waals surface area contributed by atoms with Gasteiger partial charge in [-0.15, -0.1) is 0 Å². The number of benzene rings is 1. The third kappa shape index (κ3) is 5.45. The lowest BCUT2D eigenvalue weighted by molar-refractivity contribution is -0.128. The van der Waals surface area contributed by atoms with Gasteiger partial charge in [0.25, 0.3) is 0 Å². The van der Waals surface area contributed by atoms with Gasteiger partial charge >= 0.3 is 0 Å². The topological polar surface area (TPSA) is 84.4 Å². The molecule has 1 fully saturated rings. The van der Waals surface area contributed by atoms with Crippen molar-refractivity contribution in [3.8, 4) is 5.75 Å². The van der Waals surface area contributed by atoms with Crippen LogP contribution in [0.5, 0.6) is 5.75 Å². The molecule has 3 aromatic rings. The molecule has 1 aliphatic heterocycles. The molecule has 1 unspecified atom stereocenters. The van der Waals surface area contributed by atoms with Gasteiger partial charge in [0.15, 0.2) is 11.6 Å². The molecule has 7 heteroatoms. The van der Waals surface area contributed by atoms with Crippen LogP contribution in [-0.2, 0) is 22.6 Å². The average Bonchev–Trinajstić information content (AvgIpc) is 3.19. The Morgan fingerprint density at radius 2 is 1.84 bits per heavy atom. The number of carbonyl (C=O) groups is 2. The van der Waals surface area contributed by atoms with E-state index in [1.54, 1.807) is 35.6 Å². The Balaban J connectivity index is 1.33. The minimum Gasteiger partial charge on any atom is -0.485 e. The summed E-state index contributed by atoms with van der Waals surface area (Å²) in [7, 11) is 0. The predicted octanol–water partition coefficient (Wildman–Crippen LogP) is 3.09. The van der Waals surface area contributed by atoms with Crippen molar-refractivity contribution in [1.82, 2.24) is 14.9 Å². The summed E-state index contributed by atoms with van der Waals surface area (Å²) in [6, 6.07) is 17.3. The molecule has 1 N–H and O–H groups in total. The van der Waals surface area contributed by atoms with Gasteiger partial charge in [0.05, 0.1) is 5.92 Å². The number of hydrogen-bond donors (Lipinski definition) is 1. The fourth-order valence-electron chi connectivity index (χ4n) is 3.53. The van der Waals surface area contributed by atoms with Crippen molar-refractivity contribution in [1.29, 1.82) is 0 Å². The summed E-state index contributed by atoms with van der Waals surface area (Å²) in [5.41, 5.74) is 2.14. The molecular formula is C24H24N4O3. The first-order valence-electron chi connectivity index (χ1n) is 10.3. The second kappa shape index (κ2) is 9.84. The van der Waals surface area contributed by atoms with Crippen molar-refractivity contribution >= 4 is 17.6 Å². The van der Waals surface area contributed by atoms with Gasteiger partial charge in [0.2, 0.25) is 11.8 Å². The molecule has 2 aromatic heterocycles. The zero-order chi connectivity index (χ0) is 21.5. The first-order chi connectivity index (χ1) is 15.2. The van der Waals surface area contributed by atoms with Crippen molar-refractivity contribution in [3.05, 3.63) is 84.3 Å². The number of hydrogen-bond acceptors (Lipinski definition) is 5. The number of aromatic nitrogens is 2. The summed E-state index contributed by atoms with van der Waals surface area (Å²) in [5, 5.41) is 2.84. The number of nitrogens with one attached hydrogen (secondary N) is 1. The molecule has 158 valence electrons. The van der Waals surface area contributed by atoms with Gasteiger partial charge in [-0.1, -0.05) is 30.3 Å². The van der Waals surface area contributed by atoms with Gasteiger partial charge in [-0.2, -0.15) is 0 Å². The minimum atomic E-state index is -0.404. The van der Waals surface area contributed by atoms with Crippen LogP contribution >= 0.6 is 0 Å². The quantitative estimate of drug-likeness (QED) is 0.610. The Kier molecular flexibility index (Phi) is 6.52. The SMILES string of the molecule is O=C(Nc1ncccc1OCc1ccncc1)C1CC(=O)N(CCc2ccccc2)C1. The zero-order valence-corrected chi connectivity index (χ0v) is 17.1. The van der Waals surface area contributed by atoms with Crippen LogP contribution in [0.2, 0.25) is 0 Å². The van der Waals surface area contributed by atoms with E-state index in [-0.39, 0.29) is 18.2 Å². The van der Waals surface area contributed by atoms with E-state index >= 15 is 0 Å². The van der Waals surface area contributed by atoms with Crippen molar-refractivity contribution in [2.24, 2.45) is 5.92 Å². The van der Waals surface area contributed by atoms with Crippen LogP contribution in [0, 0.1) is 5.92 Å². The third-order valence-corrected chi connectivity index (χ3v) is 5.25. The lowest BCUT2D eigenvalue weighted by atomic mass is 10.1. The van der Waals surface area contributed by atoms with Gasteiger partial charge < -0.3 is 15.0 Å². The molecule has 1 aliphatic rings. The van der Waals surface area contributed by atoms with Gasteiger partial charge in [0, 0.05) is 38.1 Å². The highest BCUT2D eigenvalue weighted by Crippen LogP contribution is 2.25. The second-order valence-corrected chi connectivity index (χ2v) is 7.46. The van der Waals surface area contributed by atoms with E-state index in [9.17, 15) is 9.59 Å². The minimum absolute atomic E-state index is 0.00580. The highest BCUT2D eigenvalue weighted by molar-refractivity contribution is 5.97. The molecule has 31 heavy (non-hydrogen) atoms. The maximum atomic E-state index is 12.8. The fraction of sp³-hybridized carbons (Fsp3) is 0.250. The van der Waals surface area contributed by atoms with E-state index in [0.717, 1.165) is 12.0 Å². The van der Waals surface area contributed by atoms with Gasteiger partial charge in [-0.25, -0.2) is 4.98 Å². The Bertz CT molecular complexity index is 1030. The Hall–Kier alpha value is -3.74. The molecule has 1 saturated heterocycles. The zero-order valence-electron chi connectivity index (χ0n) is 17.1. The van der Waals surface area contributed by atoms with E-state index in [1.165, 1.54) is 5.56 Å². The van der Waals surface area contributed by atoms with E-state index in [0.29, 0.717) is 31.3 Å². The van der Waals surface area contributed by atoms with Crippen LogP contribution in [0.4, 0.5) is 5.82 Å². The monoisotopic (exact) mass is 416 g/mol. The van der Waals surface area contributed by atoms with Gasteiger partial charge in [-0.05, 0) is 41.8 Å². The van der Waals surface area contributed by atoms with Gasteiger partial charge in [-0.3, -0.25) is 14.6 Å². The van der Waals surface area contributed by atoms with Crippen LogP contribution in [0.1, 0.15) is 17.5 Å². The summed E-state index contributed by atoms with van der Waals surface area (Å²) in [6.45, 7) is 1.36. The molecule has 0 spiro atoms. The number of nitrogens with zero attached hydrogens (tertiary/aromatic N) is 3. The van der Waals surface area contributed by atoms with E-state index in [2.05, 4.69) is 15.3 Å². The number of rotatable bonds is 8. The molecule has 3 heterocycles. The normalized spacial score (nSPS) is 15.7. The van der Waals surface area contributed by atoms with Crippen molar-refractivity contribution in [2.75, 3.05) is 18.4 Å². The first kappa shape index (κ1) is 20.5. The highest BCUT2D eigenvalue weighted by Gasteiger charge is 2.34. The summed E-state index contributed by atoms with van der Waals surface area (Å²) in [5.74, 6) is 0.224. The van der Waals surface area contributed by atoms with Crippen LogP contribution in [0.15, 0.2) is 73.2 Å². The Morgan fingerprint density at radius 3 is 2.65 bits per heavy atom. The maximum Gasteiger partial charge on any atom is 0.231 e. The maximum absolute atomic E-state index is 12.8. The molecule has 1 aromatic carbocycles. The summed E-state index contributed by atoms with van der Waals surface area (Å²) >= 11 is 0. The summed E-state index contributed by atoms with van der Waals surface area (Å²) < 4.78 is 5.83. The molecular weight excluding hydrogens is 392 g/mol. The number of ether oxygens (including phenoxy) is 1. The fourth-order valence-corrected chi connectivity index (χ4v) is 3.53. The van der Waals surface area contributed by atoms with Gasteiger partial charge in [0.1, 0.15) is 6.61 Å². The molecule has 0 aliphatic carbocycles. The van der Waals surface area contributed by atoms with Crippen molar-refractivity contribution in [2.45, 2.75) is 19.4 Å². The van der Waals surface area contributed by atoms with E-state index in [4.69, 9.17) is 4.74 Å². The lowest BCUT2D eigenvalue weighted by Crippen LogP contribution is -2.30. The molecule has 2 amide bonds. The Labute approximate surface area is 181 Å². The van der Waals surface area contributed by atoms with E-state index in [1.807, 2.05) is 42.5 Å². The first-order valence-corrected chi connectivity index (χ1v) is 10.3. The Morgan fingerprint density at radius 1 is 1.03 bits per heavy atom. The van der Waals surface area contributed by atoms with E-state index < -0.39 is 5.92 Å². The molecule has 0 bridgehead atoms. The molecule has 4 rings (SSSR count). The number of pyridine rings is 2. The number of carbonyl (C=O) groups excluding carboxylic acids is 2. The third-order valence-electron chi connectivity index (χ3n) is 5.25. The van der Waals surface area contributed by atoms with Crippen LogP contribution in [-0.4, -0.2) is 39.8 Å². The predicted molar refractivity (Wildman–Crippen MR) is 116 cm³/mol. The van der Waals surface area contributed by atoms with Crippen LogP contribution in [0.25, 0.3) is 0 Å². The van der Waals surface area contributed by atoms with Crippen LogP contribution in [0.3, 0.4) is 0 Å². The number of amides is 2. The van der Waals surface area contributed by atoms with Crippen LogP contribution < -0.4 is 10.1 Å². The van der Waals surface area contributed by atoms with Crippen molar-refractivity contribution in [3.63, 3.8) is 0 Å². The second-order valence-electron chi connectivity index (χ2n) is 7.46. The lowest BCUT2D eigenvalue weighted by Gasteiger charge is -2.17.